The SMILES string of the molecule is C#CCCCSc1nnnn1CCNCCC. The summed E-state index contributed by atoms with van der Waals surface area (Å²) in [4.78, 5) is 0. The molecule has 0 aliphatic carbocycles. The van der Waals surface area contributed by atoms with Crippen LogP contribution in [0.4, 0.5) is 0 Å². The maximum atomic E-state index is 5.20. The van der Waals surface area contributed by atoms with Crippen LogP contribution in [0.25, 0.3) is 0 Å². The van der Waals surface area contributed by atoms with Crippen molar-refractivity contribution in [2.24, 2.45) is 0 Å². The van der Waals surface area contributed by atoms with Crippen LogP contribution in [0.5, 0.6) is 0 Å². The number of terminal acetylenes is 1. The molecule has 0 unspecified atom stereocenters. The summed E-state index contributed by atoms with van der Waals surface area (Å²) >= 11 is 1.66. The smallest absolute Gasteiger partial charge is 0.209 e. The first-order valence-corrected chi connectivity index (χ1v) is 6.90. The van der Waals surface area contributed by atoms with Crippen molar-refractivity contribution >= 4 is 11.8 Å². The van der Waals surface area contributed by atoms with Gasteiger partial charge in [0, 0.05) is 18.7 Å². The number of unbranched alkanes of at least 4 members (excludes halogenated alkanes) is 1. The molecule has 1 N–H and O–H groups in total. The zero-order valence-electron chi connectivity index (χ0n) is 10.2. The normalized spacial score (nSPS) is 10.4. The van der Waals surface area contributed by atoms with Crippen LogP contribution < -0.4 is 5.32 Å². The number of tetrazole rings is 1. The standard InChI is InChI=1S/C11H19N5S/c1-3-5-6-10-17-11-13-14-15-16(11)9-8-12-7-4-2/h1,12H,4-10H2,2H3. The maximum Gasteiger partial charge on any atom is 0.209 e. The Kier molecular flexibility index (Phi) is 7.43. The van der Waals surface area contributed by atoms with Crippen LogP contribution in [0.15, 0.2) is 5.16 Å². The van der Waals surface area contributed by atoms with Gasteiger partial charge in [0.25, 0.3) is 0 Å². The highest BCUT2D eigenvalue weighted by molar-refractivity contribution is 7.99. The monoisotopic (exact) mass is 253 g/mol. The molecule has 0 aliphatic heterocycles. The zero-order valence-corrected chi connectivity index (χ0v) is 11.0. The third-order valence-corrected chi connectivity index (χ3v) is 3.17. The van der Waals surface area contributed by atoms with Crippen molar-refractivity contribution in [2.75, 3.05) is 18.8 Å². The molecule has 0 aromatic carbocycles. The molecule has 1 aromatic rings. The van der Waals surface area contributed by atoms with Crippen LogP contribution in [0.3, 0.4) is 0 Å². The number of aromatic nitrogens is 4. The molecule has 0 saturated carbocycles. The van der Waals surface area contributed by atoms with Gasteiger partial charge in [-0.3, -0.25) is 0 Å². The van der Waals surface area contributed by atoms with Gasteiger partial charge in [-0.25, -0.2) is 4.68 Å². The highest BCUT2D eigenvalue weighted by Gasteiger charge is 2.05. The summed E-state index contributed by atoms with van der Waals surface area (Å²) in [6.07, 6.45) is 8.16. The molecule has 0 radical (unpaired) electrons. The minimum Gasteiger partial charge on any atom is -0.315 e. The third-order valence-electron chi connectivity index (χ3n) is 2.12. The van der Waals surface area contributed by atoms with E-state index in [0.29, 0.717) is 0 Å². The molecule has 0 saturated heterocycles. The van der Waals surface area contributed by atoms with Gasteiger partial charge >= 0.3 is 0 Å². The highest BCUT2D eigenvalue weighted by Crippen LogP contribution is 2.14. The summed E-state index contributed by atoms with van der Waals surface area (Å²) < 4.78 is 1.84. The quantitative estimate of drug-likeness (QED) is 0.407. The van der Waals surface area contributed by atoms with Crippen molar-refractivity contribution in [1.29, 1.82) is 0 Å². The van der Waals surface area contributed by atoms with Crippen LogP contribution in [0.2, 0.25) is 0 Å². The molecule has 1 heterocycles. The summed E-state index contributed by atoms with van der Waals surface area (Å²) in [5, 5.41) is 15.9. The fraction of sp³-hybridized carbons (Fsp3) is 0.727. The average molecular weight is 253 g/mol. The molecule has 0 bridgehead atoms. The van der Waals surface area contributed by atoms with Gasteiger partial charge in [0.05, 0.1) is 6.54 Å². The van der Waals surface area contributed by atoms with E-state index in [2.05, 4.69) is 33.7 Å². The molecule has 0 fully saturated rings. The van der Waals surface area contributed by atoms with Crippen molar-refractivity contribution in [3.63, 3.8) is 0 Å². The molecular weight excluding hydrogens is 234 g/mol. The minimum absolute atomic E-state index is 0.810. The van der Waals surface area contributed by atoms with E-state index >= 15 is 0 Å². The summed E-state index contributed by atoms with van der Waals surface area (Å²) in [6, 6.07) is 0. The van der Waals surface area contributed by atoms with Crippen LogP contribution in [-0.2, 0) is 6.54 Å². The molecule has 6 heteroatoms. The molecule has 5 nitrogen and oxygen atoms in total. The third kappa shape index (κ3) is 5.71. The Morgan fingerprint density at radius 1 is 1.47 bits per heavy atom. The number of hydrogen-bond acceptors (Lipinski definition) is 5. The average Bonchev–Trinajstić information content (AvgIpc) is 2.78. The number of thioether (sulfide) groups is 1. The maximum absolute atomic E-state index is 5.20. The second kappa shape index (κ2) is 9.02. The molecule has 17 heavy (non-hydrogen) atoms. The van der Waals surface area contributed by atoms with Gasteiger partial charge in [-0.05, 0) is 29.8 Å². The van der Waals surface area contributed by atoms with Gasteiger partial charge in [0.15, 0.2) is 0 Å². The number of hydrogen-bond donors (Lipinski definition) is 1. The Morgan fingerprint density at radius 2 is 2.35 bits per heavy atom. The zero-order chi connectivity index (χ0) is 12.3. The molecule has 0 spiro atoms. The Bertz CT molecular complexity index is 344. The van der Waals surface area contributed by atoms with Crippen molar-refractivity contribution in [3.8, 4) is 12.3 Å². The molecule has 0 amide bonds. The first-order valence-electron chi connectivity index (χ1n) is 5.91. The number of nitrogens with zero attached hydrogens (tertiary/aromatic N) is 4. The summed E-state index contributed by atoms with van der Waals surface area (Å²) in [5.41, 5.74) is 0. The van der Waals surface area contributed by atoms with E-state index in [1.807, 2.05) is 4.68 Å². The second-order valence-corrected chi connectivity index (χ2v) is 4.65. The fourth-order valence-electron chi connectivity index (χ4n) is 1.26. The van der Waals surface area contributed by atoms with Crippen LogP contribution in [0, 0.1) is 12.3 Å². The van der Waals surface area contributed by atoms with Crippen LogP contribution in [0.1, 0.15) is 26.2 Å². The summed E-state index contributed by atoms with van der Waals surface area (Å²) in [6.45, 7) is 4.89. The van der Waals surface area contributed by atoms with Crippen molar-refractivity contribution in [3.05, 3.63) is 0 Å². The Balaban J connectivity index is 2.25. The Labute approximate surface area is 107 Å². The largest absolute Gasteiger partial charge is 0.315 e. The lowest BCUT2D eigenvalue weighted by Crippen LogP contribution is -2.21. The van der Waals surface area contributed by atoms with Gasteiger partial charge in [0.1, 0.15) is 0 Å². The van der Waals surface area contributed by atoms with Gasteiger partial charge in [-0.1, -0.05) is 18.7 Å². The minimum atomic E-state index is 0.810. The topological polar surface area (TPSA) is 55.6 Å². The first-order chi connectivity index (χ1) is 8.38. The predicted molar refractivity (Wildman–Crippen MR) is 69.8 cm³/mol. The van der Waals surface area contributed by atoms with Crippen molar-refractivity contribution in [2.45, 2.75) is 37.9 Å². The van der Waals surface area contributed by atoms with Gasteiger partial charge in [0.2, 0.25) is 5.16 Å². The summed E-state index contributed by atoms with van der Waals surface area (Å²) in [5.74, 6) is 3.59. The number of rotatable bonds is 9. The molecule has 0 aliphatic rings. The van der Waals surface area contributed by atoms with Crippen molar-refractivity contribution in [1.82, 2.24) is 25.5 Å². The van der Waals surface area contributed by atoms with Crippen LogP contribution >= 0.6 is 11.8 Å². The van der Waals surface area contributed by atoms with E-state index in [-0.39, 0.29) is 0 Å². The van der Waals surface area contributed by atoms with E-state index in [1.165, 1.54) is 0 Å². The van der Waals surface area contributed by atoms with E-state index in [1.54, 1.807) is 11.8 Å². The molecular formula is C11H19N5S. The number of nitrogens with one attached hydrogen (secondary N) is 1. The van der Waals surface area contributed by atoms with E-state index < -0.39 is 0 Å². The molecule has 0 atom stereocenters. The lowest BCUT2D eigenvalue weighted by Gasteiger charge is -2.04. The summed E-state index contributed by atoms with van der Waals surface area (Å²) in [7, 11) is 0. The van der Waals surface area contributed by atoms with Crippen LogP contribution in [-0.4, -0.2) is 39.0 Å². The van der Waals surface area contributed by atoms with E-state index in [0.717, 1.165) is 49.8 Å². The Hall–Kier alpha value is -1.06. The lowest BCUT2D eigenvalue weighted by molar-refractivity contribution is 0.510. The van der Waals surface area contributed by atoms with Gasteiger partial charge < -0.3 is 5.32 Å². The fourth-order valence-corrected chi connectivity index (χ4v) is 2.11. The molecule has 1 rings (SSSR count). The van der Waals surface area contributed by atoms with Crippen molar-refractivity contribution < 1.29 is 0 Å². The highest BCUT2D eigenvalue weighted by atomic mass is 32.2. The van der Waals surface area contributed by atoms with Gasteiger partial charge in [-0.2, -0.15) is 0 Å². The first kappa shape index (κ1) is 14.0. The lowest BCUT2D eigenvalue weighted by atomic mass is 10.4. The van der Waals surface area contributed by atoms with E-state index in [4.69, 9.17) is 6.42 Å². The second-order valence-electron chi connectivity index (χ2n) is 3.59. The predicted octanol–water partition coefficient (Wildman–Crippen LogP) is 1.18. The Morgan fingerprint density at radius 3 is 3.12 bits per heavy atom. The van der Waals surface area contributed by atoms with E-state index in [9.17, 15) is 0 Å². The van der Waals surface area contributed by atoms with Gasteiger partial charge in [-0.15, -0.1) is 17.4 Å². The molecule has 94 valence electrons. The molecule has 1 aromatic heterocycles.